The molecule has 0 bridgehead atoms. The second kappa shape index (κ2) is 3.85. The molecular weight excluding hydrogens is 172 g/mol. The largest absolute Gasteiger partial charge is 0.393 e. The first-order chi connectivity index (χ1) is 5.61. The lowest BCUT2D eigenvalue weighted by Gasteiger charge is -2.19. The molecule has 1 fully saturated rings. The number of carbonyl (C=O) groups is 1. The van der Waals surface area contributed by atoms with Gasteiger partial charge in [0.1, 0.15) is 0 Å². The van der Waals surface area contributed by atoms with E-state index in [0.717, 1.165) is 12.8 Å². The van der Waals surface area contributed by atoms with Crippen LogP contribution in [0, 0.1) is 0 Å². The molecule has 1 rings (SSSR count). The molecule has 0 spiro atoms. The number of nitrogens with zero attached hydrogens (tertiary/aromatic N) is 1. The molecule has 0 unspecified atom stereocenters. The molecule has 68 valence electrons. The van der Waals surface area contributed by atoms with Crippen LogP contribution in [-0.2, 0) is 4.79 Å². The van der Waals surface area contributed by atoms with Gasteiger partial charge in [-0.25, -0.2) is 0 Å². The van der Waals surface area contributed by atoms with Crippen molar-refractivity contribution >= 4 is 23.1 Å². The number of rotatable bonds is 4. The average molecular weight is 186 g/mol. The van der Waals surface area contributed by atoms with Crippen molar-refractivity contribution < 1.29 is 4.79 Å². The van der Waals surface area contributed by atoms with Crippen LogP contribution < -0.4 is 5.73 Å². The Morgan fingerprint density at radius 2 is 2.25 bits per heavy atom. The van der Waals surface area contributed by atoms with Crippen molar-refractivity contribution in [2.75, 3.05) is 6.54 Å². The van der Waals surface area contributed by atoms with Gasteiger partial charge in [-0.3, -0.25) is 4.79 Å². The van der Waals surface area contributed by atoms with Crippen LogP contribution in [0.1, 0.15) is 26.2 Å². The summed E-state index contributed by atoms with van der Waals surface area (Å²) in [5.74, 6) is 0.133. The molecule has 2 N–H and O–H groups in total. The van der Waals surface area contributed by atoms with Crippen LogP contribution in [0.4, 0.5) is 0 Å². The lowest BCUT2D eigenvalue weighted by atomic mass is 10.3. The highest BCUT2D eigenvalue weighted by Crippen LogP contribution is 2.26. The smallest absolute Gasteiger partial charge is 0.219 e. The van der Waals surface area contributed by atoms with Crippen LogP contribution in [-0.4, -0.2) is 28.4 Å². The monoisotopic (exact) mass is 186 g/mol. The molecule has 1 aliphatic rings. The van der Waals surface area contributed by atoms with Gasteiger partial charge in [0, 0.05) is 25.9 Å². The predicted molar refractivity (Wildman–Crippen MR) is 51.8 cm³/mol. The fraction of sp³-hybridized carbons (Fsp3) is 0.750. The van der Waals surface area contributed by atoms with Gasteiger partial charge in [0.05, 0.1) is 4.99 Å². The van der Waals surface area contributed by atoms with Gasteiger partial charge in [-0.1, -0.05) is 12.2 Å². The second-order valence-corrected chi connectivity index (χ2v) is 3.68. The quantitative estimate of drug-likeness (QED) is 0.656. The molecule has 3 nitrogen and oxygen atoms in total. The molecule has 1 aliphatic carbocycles. The number of amides is 1. The third kappa shape index (κ3) is 2.77. The Bertz CT molecular complexity index is 201. The number of carbonyl (C=O) groups excluding carboxylic acids is 1. The Labute approximate surface area is 77.9 Å². The lowest BCUT2D eigenvalue weighted by Crippen LogP contribution is -2.33. The summed E-state index contributed by atoms with van der Waals surface area (Å²) in [6, 6.07) is 0.469. The highest BCUT2D eigenvalue weighted by molar-refractivity contribution is 7.80. The van der Waals surface area contributed by atoms with E-state index in [1.165, 1.54) is 0 Å². The Hall–Kier alpha value is -0.640. The minimum absolute atomic E-state index is 0.133. The van der Waals surface area contributed by atoms with Gasteiger partial charge in [-0.05, 0) is 12.8 Å². The molecule has 0 aliphatic heterocycles. The molecule has 1 saturated carbocycles. The summed E-state index contributed by atoms with van der Waals surface area (Å²) in [6.07, 6.45) is 2.92. The Kier molecular flexibility index (Phi) is 3.03. The van der Waals surface area contributed by atoms with E-state index in [4.69, 9.17) is 18.0 Å². The van der Waals surface area contributed by atoms with E-state index in [0.29, 0.717) is 24.0 Å². The van der Waals surface area contributed by atoms with E-state index >= 15 is 0 Å². The van der Waals surface area contributed by atoms with Gasteiger partial charge in [0.2, 0.25) is 5.91 Å². The Morgan fingerprint density at radius 1 is 1.67 bits per heavy atom. The van der Waals surface area contributed by atoms with Crippen molar-refractivity contribution in [3.63, 3.8) is 0 Å². The number of hydrogen-bond donors (Lipinski definition) is 1. The number of thiocarbonyl (C=S) groups is 1. The second-order valence-electron chi connectivity index (χ2n) is 3.16. The summed E-state index contributed by atoms with van der Waals surface area (Å²) in [7, 11) is 0. The van der Waals surface area contributed by atoms with Crippen molar-refractivity contribution in [1.29, 1.82) is 0 Å². The van der Waals surface area contributed by atoms with E-state index in [1.54, 1.807) is 6.92 Å². The molecule has 0 aromatic carbocycles. The van der Waals surface area contributed by atoms with Gasteiger partial charge in [-0.15, -0.1) is 0 Å². The molecule has 1 amide bonds. The van der Waals surface area contributed by atoms with Gasteiger partial charge in [0.15, 0.2) is 0 Å². The zero-order valence-corrected chi connectivity index (χ0v) is 8.06. The van der Waals surface area contributed by atoms with Crippen LogP contribution >= 0.6 is 12.2 Å². The zero-order valence-electron chi connectivity index (χ0n) is 7.25. The van der Waals surface area contributed by atoms with Crippen LogP contribution in [0.25, 0.3) is 0 Å². The third-order valence-electron chi connectivity index (χ3n) is 1.99. The fourth-order valence-corrected chi connectivity index (χ4v) is 1.31. The summed E-state index contributed by atoms with van der Waals surface area (Å²) in [5.41, 5.74) is 5.35. The summed E-state index contributed by atoms with van der Waals surface area (Å²) in [6.45, 7) is 2.28. The van der Waals surface area contributed by atoms with Gasteiger partial charge < -0.3 is 10.6 Å². The maximum atomic E-state index is 11.1. The summed E-state index contributed by atoms with van der Waals surface area (Å²) in [4.78, 5) is 13.4. The Balaban J connectivity index is 2.33. The van der Waals surface area contributed by atoms with Crippen molar-refractivity contribution in [2.24, 2.45) is 5.73 Å². The van der Waals surface area contributed by atoms with Gasteiger partial charge in [-0.2, -0.15) is 0 Å². The van der Waals surface area contributed by atoms with Crippen molar-refractivity contribution in [1.82, 2.24) is 4.90 Å². The summed E-state index contributed by atoms with van der Waals surface area (Å²) in [5, 5.41) is 0. The zero-order chi connectivity index (χ0) is 9.14. The first kappa shape index (κ1) is 9.45. The predicted octanol–water partition coefficient (Wildman–Crippen LogP) is 0.674. The standard InChI is InChI=1S/C8H14N2OS/c1-6(11)10(7-2-3-7)5-4-8(9)12/h7H,2-5H2,1H3,(H2,9,12). The van der Waals surface area contributed by atoms with E-state index in [-0.39, 0.29) is 5.91 Å². The maximum Gasteiger partial charge on any atom is 0.219 e. The topological polar surface area (TPSA) is 46.3 Å². The van der Waals surface area contributed by atoms with E-state index in [2.05, 4.69) is 0 Å². The Morgan fingerprint density at radius 3 is 2.58 bits per heavy atom. The van der Waals surface area contributed by atoms with Crippen molar-refractivity contribution in [3.8, 4) is 0 Å². The number of hydrogen-bond acceptors (Lipinski definition) is 2. The highest BCUT2D eigenvalue weighted by Gasteiger charge is 2.30. The molecule has 0 aromatic heterocycles. The minimum Gasteiger partial charge on any atom is -0.393 e. The fourth-order valence-electron chi connectivity index (χ4n) is 1.21. The molecule has 0 aromatic rings. The van der Waals surface area contributed by atoms with Crippen LogP contribution in [0.5, 0.6) is 0 Å². The lowest BCUT2D eigenvalue weighted by molar-refractivity contribution is -0.129. The molecule has 0 heterocycles. The molecule has 4 heteroatoms. The first-order valence-corrected chi connectivity index (χ1v) is 4.57. The van der Waals surface area contributed by atoms with Gasteiger partial charge in [0.25, 0.3) is 0 Å². The maximum absolute atomic E-state index is 11.1. The summed E-state index contributed by atoms with van der Waals surface area (Å²) < 4.78 is 0. The van der Waals surface area contributed by atoms with Crippen LogP contribution in [0.15, 0.2) is 0 Å². The van der Waals surface area contributed by atoms with Crippen LogP contribution in [0.3, 0.4) is 0 Å². The third-order valence-corrected chi connectivity index (χ3v) is 2.20. The SMILES string of the molecule is CC(=O)N(CCC(N)=S)C1CC1. The number of nitrogens with two attached hydrogens (primary N) is 1. The van der Waals surface area contributed by atoms with Crippen LogP contribution in [0.2, 0.25) is 0 Å². The highest BCUT2D eigenvalue weighted by atomic mass is 32.1. The van der Waals surface area contributed by atoms with E-state index < -0.39 is 0 Å². The molecule has 0 radical (unpaired) electrons. The first-order valence-electron chi connectivity index (χ1n) is 4.17. The molecular formula is C8H14N2OS. The average Bonchev–Trinajstić information content (AvgIpc) is 2.69. The van der Waals surface area contributed by atoms with Gasteiger partial charge >= 0.3 is 0 Å². The normalized spacial score (nSPS) is 15.8. The van der Waals surface area contributed by atoms with Crippen molar-refractivity contribution in [3.05, 3.63) is 0 Å². The molecule has 12 heavy (non-hydrogen) atoms. The van der Waals surface area contributed by atoms with Crippen molar-refractivity contribution in [2.45, 2.75) is 32.2 Å². The van der Waals surface area contributed by atoms with E-state index in [9.17, 15) is 4.79 Å². The summed E-state index contributed by atoms with van der Waals surface area (Å²) >= 11 is 4.75. The van der Waals surface area contributed by atoms with E-state index in [1.807, 2.05) is 4.90 Å². The molecule has 0 atom stereocenters. The minimum atomic E-state index is 0.133. The molecule has 0 saturated heterocycles.